The normalized spacial score (nSPS) is 16.1. The van der Waals surface area contributed by atoms with Crippen LogP contribution >= 0.6 is 0 Å². The van der Waals surface area contributed by atoms with E-state index in [0.29, 0.717) is 31.3 Å². The molecule has 2 aromatic carbocycles. The number of carbonyl (C=O) groups excluding carboxylic acids is 1. The number of carbonyl (C=O) groups is 1. The van der Waals surface area contributed by atoms with Crippen molar-refractivity contribution in [2.75, 3.05) is 18.1 Å². The molecule has 1 saturated heterocycles. The van der Waals surface area contributed by atoms with Gasteiger partial charge in [0.15, 0.2) is 0 Å². The van der Waals surface area contributed by atoms with Crippen LogP contribution < -0.4 is 9.64 Å². The third-order valence-corrected chi connectivity index (χ3v) is 5.57. The maximum absolute atomic E-state index is 12.6. The number of anilines is 1. The molecule has 0 N–H and O–H groups in total. The van der Waals surface area contributed by atoms with Crippen LogP contribution in [0.5, 0.6) is 5.75 Å². The van der Waals surface area contributed by atoms with Gasteiger partial charge in [-0.25, -0.2) is 0 Å². The van der Waals surface area contributed by atoms with Crippen molar-refractivity contribution in [1.29, 1.82) is 0 Å². The predicted octanol–water partition coefficient (Wildman–Crippen LogP) is 5.39. The summed E-state index contributed by atoms with van der Waals surface area (Å²) >= 11 is 0. The van der Waals surface area contributed by atoms with E-state index < -0.39 is 0 Å². The van der Waals surface area contributed by atoms with E-state index in [2.05, 4.69) is 36.1 Å². The van der Waals surface area contributed by atoms with Gasteiger partial charge in [0.05, 0.1) is 12.5 Å². The van der Waals surface area contributed by atoms with Gasteiger partial charge in [0.2, 0.25) is 17.6 Å². The van der Waals surface area contributed by atoms with E-state index in [1.165, 1.54) is 18.4 Å². The Balaban J connectivity index is 1.42. The molecule has 0 aliphatic carbocycles. The fourth-order valence-electron chi connectivity index (χ4n) is 3.78. The smallest absolute Gasteiger partial charge is 0.232 e. The summed E-state index contributed by atoms with van der Waals surface area (Å²) < 4.78 is 11.1. The molecule has 31 heavy (non-hydrogen) atoms. The van der Waals surface area contributed by atoms with Crippen molar-refractivity contribution in [3.63, 3.8) is 0 Å². The first kappa shape index (κ1) is 21.1. The van der Waals surface area contributed by atoms with Gasteiger partial charge < -0.3 is 14.2 Å². The fraction of sp³-hybridized carbons (Fsp3) is 0.400. The number of hydrogen-bond donors (Lipinski definition) is 0. The standard InChI is InChI=1S/C25H29N3O3/c1-3-5-6-18-7-11-21(12-8-18)28-17-20(16-23(28)29)25-26-24(27-31-25)19-9-13-22(14-10-19)30-15-4-2/h7-14,20H,3-6,15-17H2,1-2H3. The number of ether oxygens (including phenoxy) is 1. The minimum Gasteiger partial charge on any atom is -0.494 e. The van der Waals surface area contributed by atoms with Gasteiger partial charge in [-0.3, -0.25) is 4.79 Å². The zero-order valence-corrected chi connectivity index (χ0v) is 18.2. The van der Waals surface area contributed by atoms with Crippen LogP contribution in [0, 0.1) is 0 Å². The van der Waals surface area contributed by atoms with Crippen molar-refractivity contribution in [3.05, 3.63) is 60.0 Å². The third-order valence-electron chi connectivity index (χ3n) is 5.57. The van der Waals surface area contributed by atoms with Gasteiger partial charge in [0.1, 0.15) is 5.75 Å². The van der Waals surface area contributed by atoms with Gasteiger partial charge in [-0.15, -0.1) is 0 Å². The first-order chi connectivity index (χ1) is 15.2. The molecule has 0 spiro atoms. The van der Waals surface area contributed by atoms with Gasteiger partial charge >= 0.3 is 0 Å². The number of rotatable bonds is 9. The molecule has 1 atom stereocenters. The molecule has 1 aliphatic heterocycles. The van der Waals surface area contributed by atoms with E-state index in [1.807, 2.05) is 41.3 Å². The summed E-state index contributed by atoms with van der Waals surface area (Å²) in [6.45, 7) is 5.52. The third kappa shape index (κ3) is 4.95. The highest BCUT2D eigenvalue weighted by Gasteiger charge is 2.35. The topological polar surface area (TPSA) is 68.5 Å². The summed E-state index contributed by atoms with van der Waals surface area (Å²) in [6.07, 6.45) is 4.78. The van der Waals surface area contributed by atoms with Crippen LogP contribution in [-0.2, 0) is 11.2 Å². The summed E-state index contributed by atoms with van der Waals surface area (Å²) in [4.78, 5) is 19.0. The maximum Gasteiger partial charge on any atom is 0.232 e. The van der Waals surface area contributed by atoms with Crippen molar-refractivity contribution in [2.24, 2.45) is 0 Å². The Kier molecular flexibility index (Phi) is 6.65. The number of amides is 1. The summed E-state index contributed by atoms with van der Waals surface area (Å²) in [5, 5.41) is 4.13. The first-order valence-electron chi connectivity index (χ1n) is 11.1. The molecular weight excluding hydrogens is 390 g/mol. The van der Waals surface area contributed by atoms with Crippen molar-refractivity contribution in [2.45, 2.75) is 51.9 Å². The van der Waals surface area contributed by atoms with Crippen LogP contribution in [0.1, 0.15) is 56.9 Å². The van der Waals surface area contributed by atoms with Gasteiger partial charge in [0, 0.05) is 24.2 Å². The zero-order valence-electron chi connectivity index (χ0n) is 18.2. The lowest BCUT2D eigenvalue weighted by molar-refractivity contribution is -0.117. The van der Waals surface area contributed by atoms with Crippen LogP contribution in [0.3, 0.4) is 0 Å². The quantitative estimate of drug-likeness (QED) is 0.465. The lowest BCUT2D eigenvalue weighted by Gasteiger charge is -2.16. The summed E-state index contributed by atoms with van der Waals surface area (Å²) in [5.74, 6) is 1.86. The van der Waals surface area contributed by atoms with E-state index in [1.54, 1.807) is 0 Å². The fourth-order valence-corrected chi connectivity index (χ4v) is 3.78. The Morgan fingerprint density at radius 2 is 1.84 bits per heavy atom. The Bertz CT molecular complexity index is 996. The SMILES string of the molecule is CCCCc1ccc(N2CC(c3nc(-c4ccc(OCCC)cc4)no3)CC2=O)cc1. The van der Waals surface area contributed by atoms with Crippen LogP contribution in [0.4, 0.5) is 5.69 Å². The zero-order chi connectivity index (χ0) is 21.6. The lowest BCUT2D eigenvalue weighted by atomic mass is 10.1. The molecular formula is C25H29N3O3. The molecule has 1 aromatic heterocycles. The van der Waals surface area contributed by atoms with E-state index in [4.69, 9.17) is 9.26 Å². The van der Waals surface area contributed by atoms with Gasteiger partial charge in [-0.05, 0) is 61.2 Å². The molecule has 3 aromatic rings. The Morgan fingerprint density at radius 1 is 1.06 bits per heavy atom. The average molecular weight is 420 g/mol. The summed E-state index contributed by atoms with van der Waals surface area (Å²) in [7, 11) is 0. The number of nitrogens with zero attached hydrogens (tertiary/aromatic N) is 3. The number of unbranched alkanes of at least 4 members (excludes halogenated alkanes) is 1. The maximum atomic E-state index is 12.6. The molecule has 1 unspecified atom stereocenters. The van der Waals surface area contributed by atoms with E-state index in [-0.39, 0.29) is 11.8 Å². The molecule has 1 aliphatic rings. The largest absolute Gasteiger partial charge is 0.494 e. The molecule has 1 fully saturated rings. The molecule has 6 nitrogen and oxygen atoms in total. The van der Waals surface area contributed by atoms with E-state index in [9.17, 15) is 4.79 Å². The van der Waals surface area contributed by atoms with Gasteiger partial charge in [0.25, 0.3) is 0 Å². The van der Waals surface area contributed by atoms with Crippen molar-refractivity contribution >= 4 is 11.6 Å². The van der Waals surface area contributed by atoms with E-state index >= 15 is 0 Å². The Labute approximate surface area is 183 Å². The highest BCUT2D eigenvalue weighted by molar-refractivity contribution is 5.96. The van der Waals surface area contributed by atoms with E-state index in [0.717, 1.165) is 29.8 Å². The summed E-state index contributed by atoms with van der Waals surface area (Å²) in [5.41, 5.74) is 3.10. The predicted molar refractivity (Wildman–Crippen MR) is 120 cm³/mol. The Morgan fingerprint density at radius 3 is 2.55 bits per heavy atom. The average Bonchev–Trinajstić information content (AvgIpc) is 3.44. The molecule has 1 amide bonds. The highest BCUT2D eigenvalue weighted by atomic mass is 16.5. The van der Waals surface area contributed by atoms with Crippen molar-refractivity contribution < 1.29 is 14.1 Å². The number of aryl methyl sites for hydroxylation is 1. The van der Waals surface area contributed by atoms with Crippen molar-refractivity contribution in [3.8, 4) is 17.1 Å². The van der Waals surface area contributed by atoms with Gasteiger partial charge in [-0.1, -0.05) is 37.6 Å². The number of hydrogen-bond acceptors (Lipinski definition) is 5. The highest BCUT2D eigenvalue weighted by Crippen LogP contribution is 2.32. The minimum atomic E-state index is -0.0966. The first-order valence-corrected chi connectivity index (χ1v) is 11.1. The second kappa shape index (κ2) is 9.77. The second-order valence-corrected chi connectivity index (χ2v) is 8.00. The minimum absolute atomic E-state index is 0.0866. The molecule has 0 radical (unpaired) electrons. The van der Waals surface area contributed by atoms with Crippen LogP contribution in [0.25, 0.3) is 11.4 Å². The Hall–Kier alpha value is -3.15. The van der Waals surface area contributed by atoms with Crippen LogP contribution in [-0.4, -0.2) is 29.2 Å². The molecule has 2 heterocycles. The molecule has 0 bridgehead atoms. The number of benzene rings is 2. The molecule has 4 rings (SSSR count). The van der Waals surface area contributed by atoms with Crippen LogP contribution in [0.2, 0.25) is 0 Å². The second-order valence-electron chi connectivity index (χ2n) is 8.00. The summed E-state index contributed by atoms with van der Waals surface area (Å²) in [6, 6.07) is 16.0. The lowest BCUT2D eigenvalue weighted by Crippen LogP contribution is -2.24. The molecule has 6 heteroatoms. The molecule has 162 valence electrons. The van der Waals surface area contributed by atoms with Gasteiger partial charge in [-0.2, -0.15) is 4.98 Å². The monoisotopic (exact) mass is 419 g/mol. The van der Waals surface area contributed by atoms with Crippen molar-refractivity contribution in [1.82, 2.24) is 10.1 Å². The number of aromatic nitrogens is 2. The molecule has 0 saturated carbocycles. The van der Waals surface area contributed by atoms with Crippen LogP contribution in [0.15, 0.2) is 53.1 Å².